The summed E-state index contributed by atoms with van der Waals surface area (Å²) in [6.45, 7) is 0. The largest absolute Gasteiger partial charge is 0.245 e. The molecular formula is C4H4N4OS. The van der Waals surface area contributed by atoms with Gasteiger partial charge in [0.15, 0.2) is 0 Å². The van der Waals surface area contributed by atoms with Crippen molar-refractivity contribution in [3.05, 3.63) is 23.4 Å². The molecule has 0 aliphatic rings. The topological polar surface area (TPSA) is 64.7 Å². The zero-order valence-electron chi connectivity index (χ0n) is 4.91. The van der Waals surface area contributed by atoms with Gasteiger partial charge in [0.2, 0.25) is 0 Å². The lowest BCUT2D eigenvalue weighted by Gasteiger charge is -1.45. The lowest BCUT2D eigenvalue weighted by molar-refractivity contribution is 0.307. The van der Waals surface area contributed by atoms with Gasteiger partial charge in [-0.15, -0.1) is 21.5 Å². The molecule has 0 N–H and O–H groups in total. The van der Waals surface area contributed by atoms with E-state index in [0.717, 1.165) is 0 Å². The Labute approximate surface area is 60.7 Å². The molecule has 0 aliphatic heterocycles. The highest BCUT2D eigenvalue weighted by molar-refractivity contribution is 7.07. The fraction of sp³-hybridized carbons (Fsp3) is 0. The molecule has 6 heteroatoms. The van der Waals surface area contributed by atoms with Gasteiger partial charge in [-0.05, 0) is 0 Å². The molecule has 0 unspecified atom stereocenters. The third kappa shape index (κ3) is 2.88. The first-order valence-electron chi connectivity index (χ1n) is 2.40. The van der Waals surface area contributed by atoms with E-state index >= 15 is 0 Å². The maximum absolute atomic E-state index is 4.08. The van der Waals surface area contributed by atoms with Crippen LogP contribution in [0.2, 0.25) is 0 Å². The van der Waals surface area contributed by atoms with Crippen LogP contribution in [0.15, 0.2) is 28.0 Å². The summed E-state index contributed by atoms with van der Waals surface area (Å²) in [6, 6.07) is 0. The molecule has 0 fully saturated rings. The molecule has 0 bridgehead atoms. The van der Waals surface area contributed by atoms with Crippen LogP contribution in [0.4, 0.5) is 0 Å². The van der Waals surface area contributed by atoms with E-state index in [1.165, 1.54) is 23.7 Å². The van der Waals surface area contributed by atoms with Crippen LogP contribution in [0, 0.1) is 0 Å². The SMILES string of the molecule is c1cnon1.c1nncs1. The number of aromatic nitrogens is 4. The summed E-state index contributed by atoms with van der Waals surface area (Å²) in [5.41, 5.74) is 3.36. The van der Waals surface area contributed by atoms with Gasteiger partial charge in [0.25, 0.3) is 0 Å². The zero-order chi connectivity index (χ0) is 7.07. The number of rotatable bonds is 0. The molecule has 0 atom stereocenters. The Kier molecular flexibility index (Phi) is 3.11. The summed E-state index contributed by atoms with van der Waals surface area (Å²) in [7, 11) is 0. The van der Waals surface area contributed by atoms with Crippen molar-refractivity contribution >= 4 is 11.3 Å². The van der Waals surface area contributed by atoms with Gasteiger partial charge in [-0.3, -0.25) is 0 Å². The first kappa shape index (κ1) is 6.81. The Hall–Kier alpha value is -1.30. The van der Waals surface area contributed by atoms with Gasteiger partial charge in [0.1, 0.15) is 11.0 Å². The van der Waals surface area contributed by atoms with Gasteiger partial charge >= 0.3 is 0 Å². The minimum Gasteiger partial charge on any atom is -0.245 e. The highest BCUT2D eigenvalue weighted by Gasteiger charge is 1.61. The molecule has 0 saturated heterocycles. The van der Waals surface area contributed by atoms with Crippen molar-refractivity contribution in [2.75, 3.05) is 0 Å². The maximum atomic E-state index is 4.08. The summed E-state index contributed by atoms with van der Waals surface area (Å²) >= 11 is 1.49. The molecule has 52 valence electrons. The molecule has 0 aromatic carbocycles. The molecular weight excluding hydrogens is 152 g/mol. The second-order valence-electron chi connectivity index (χ2n) is 1.17. The second kappa shape index (κ2) is 4.57. The fourth-order valence-electron chi connectivity index (χ4n) is 0.272. The average Bonchev–Trinajstić information content (AvgIpc) is 2.67. The van der Waals surface area contributed by atoms with Crippen LogP contribution < -0.4 is 0 Å². The molecule has 0 amide bonds. The van der Waals surface area contributed by atoms with Crippen molar-refractivity contribution in [1.29, 1.82) is 0 Å². The monoisotopic (exact) mass is 156 g/mol. The highest BCUT2D eigenvalue weighted by Crippen LogP contribution is 1.80. The lowest BCUT2D eigenvalue weighted by Crippen LogP contribution is -1.53. The second-order valence-corrected chi connectivity index (χ2v) is 1.86. The summed E-state index contributed by atoms with van der Waals surface area (Å²) in [4.78, 5) is 0. The molecule has 10 heavy (non-hydrogen) atoms. The highest BCUT2D eigenvalue weighted by atomic mass is 32.1. The predicted molar refractivity (Wildman–Crippen MR) is 34.2 cm³/mol. The van der Waals surface area contributed by atoms with Crippen molar-refractivity contribution < 1.29 is 4.63 Å². The van der Waals surface area contributed by atoms with E-state index in [1.807, 2.05) is 0 Å². The van der Waals surface area contributed by atoms with Crippen LogP contribution in [0.3, 0.4) is 0 Å². The van der Waals surface area contributed by atoms with Crippen LogP contribution in [0.25, 0.3) is 0 Å². The van der Waals surface area contributed by atoms with E-state index in [1.54, 1.807) is 11.0 Å². The molecule has 2 heterocycles. The van der Waals surface area contributed by atoms with E-state index in [4.69, 9.17) is 0 Å². The molecule has 5 nitrogen and oxygen atoms in total. The third-order valence-electron chi connectivity index (χ3n) is 0.565. The maximum Gasteiger partial charge on any atom is 0.103 e. The van der Waals surface area contributed by atoms with E-state index < -0.39 is 0 Å². The first-order chi connectivity index (χ1) is 5.00. The van der Waals surface area contributed by atoms with Gasteiger partial charge in [0, 0.05) is 0 Å². The fourth-order valence-corrected chi connectivity index (χ4v) is 0.544. The van der Waals surface area contributed by atoms with Crippen LogP contribution >= 0.6 is 11.3 Å². The minimum atomic E-state index is 1.47. The Morgan fingerprint density at radius 1 is 1.00 bits per heavy atom. The Morgan fingerprint density at radius 3 is 1.80 bits per heavy atom. The molecule has 0 spiro atoms. The molecule has 2 aromatic heterocycles. The number of hydrogen-bond acceptors (Lipinski definition) is 6. The van der Waals surface area contributed by atoms with Crippen LogP contribution in [-0.4, -0.2) is 20.5 Å². The van der Waals surface area contributed by atoms with Gasteiger partial charge in [-0.1, -0.05) is 10.3 Å². The van der Waals surface area contributed by atoms with Crippen molar-refractivity contribution in [1.82, 2.24) is 20.5 Å². The number of hydrogen-bond donors (Lipinski definition) is 0. The summed E-state index contributed by atoms with van der Waals surface area (Å²) in [6.07, 6.45) is 2.94. The molecule has 0 saturated carbocycles. The molecule has 0 radical (unpaired) electrons. The molecule has 2 rings (SSSR count). The summed E-state index contributed by atoms with van der Waals surface area (Å²) in [5, 5.41) is 13.5. The Morgan fingerprint density at radius 2 is 1.60 bits per heavy atom. The number of nitrogens with zero attached hydrogens (tertiary/aromatic N) is 4. The molecule has 2 aromatic rings. The van der Waals surface area contributed by atoms with Gasteiger partial charge in [-0.2, -0.15) is 0 Å². The summed E-state index contributed by atoms with van der Waals surface area (Å²) < 4.78 is 4.08. The lowest BCUT2D eigenvalue weighted by atomic mass is 11.0. The van der Waals surface area contributed by atoms with Crippen LogP contribution in [0.5, 0.6) is 0 Å². The van der Waals surface area contributed by atoms with E-state index in [2.05, 4.69) is 25.1 Å². The minimum absolute atomic E-state index is 1.47. The van der Waals surface area contributed by atoms with Crippen molar-refractivity contribution in [2.45, 2.75) is 0 Å². The average molecular weight is 156 g/mol. The predicted octanol–water partition coefficient (Wildman–Crippen LogP) is 0.608. The quantitative estimate of drug-likeness (QED) is 0.559. The van der Waals surface area contributed by atoms with Crippen molar-refractivity contribution in [2.24, 2.45) is 0 Å². The Bertz CT molecular complexity index is 156. The Balaban J connectivity index is 0.0000001000. The van der Waals surface area contributed by atoms with Crippen LogP contribution in [-0.2, 0) is 0 Å². The zero-order valence-corrected chi connectivity index (χ0v) is 5.73. The third-order valence-corrected chi connectivity index (χ3v) is 0.997. The van der Waals surface area contributed by atoms with Crippen molar-refractivity contribution in [3.63, 3.8) is 0 Å². The van der Waals surface area contributed by atoms with Crippen molar-refractivity contribution in [3.8, 4) is 0 Å². The smallest absolute Gasteiger partial charge is 0.103 e. The van der Waals surface area contributed by atoms with E-state index in [9.17, 15) is 0 Å². The first-order valence-corrected chi connectivity index (χ1v) is 3.35. The summed E-state index contributed by atoms with van der Waals surface area (Å²) in [5.74, 6) is 0. The van der Waals surface area contributed by atoms with Crippen LogP contribution in [0.1, 0.15) is 0 Å². The van der Waals surface area contributed by atoms with E-state index in [0.29, 0.717) is 0 Å². The van der Waals surface area contributed by atoms with E-state index in [-0.39, 0.29) is 0 Å². The molecule has 0 aliphatic carbocycles. The van der Waals surface area contributed by atoms with Gasteiger partial charge < -0.3 is 0 Å². The standard InChI is InChI=1S/C2H2N2O.C2H2N2S/c1-2-4-5-3-1;1-3-4-2-5-1/h2*1-2H. The van der Waals surface area contributed by atoms with Gasteiger partial charge in [-0.25, -0.2) is 4.63 Å². The normalized spacial score (nSPS) is 8.00. The van der Waals surface area contributed by atoms with Gasteiger partial charge in [0.05, 0.1) is 12.4 Å².